The summed E-state index contributed by atoms with van der Waals surface area (Å²) in [6.45, 7) is 4.51. The lowest BCUT2D eigenvalue weighted by molar-refractivity contribution is -0.120. The van der Waals surface area contributed by atoms with Gasteiger partial charge in [-0.05, 0) is 43.7 Å². The second-order valence-electron chi connectivity index (χ2n) is 7.92. The molecule has 1 aliphatic heterocycles. The van der Waals surface area contributed by atoms with E-state index in [0.29, 0.717) is 30.4 Å². The predicted octanol–water partition coefficient (Wildman–Crippen LogP) is 2.48. The smallest absolute Gasteiger partial charge is 0.255 e. The van der Waals surface area contributed by atoms with Gasteiger partial charge in [0.1, 0.15) is 12.2 Å². The Bertz CT molecular complexity index is 1020. The standard InChI is InChI=1S/C24H28N2O6/c1-24(2)14-17-5-4-6-19(23(17)32-24)30-12-11-26-22(28)10-8-16-7-9-18(20(13-16)29-3)31-15-21(25)27/h4-10,13H,11-12,14-15H2,1-3H3,(H2,25,27)(H,26,28)/b10-8+. The Labute approximate surface area is 187 Å². The van der Waals surface area contributed by atoms with Crippen LogP contribution < -0.4 is 30.0 Å². The lowest BCUT2D eigenvalue weighted by Crippen LogP contribution is -2.26. The molecule has 0 unspecified atom stereocenters. The number of benzene rings is 2. The maximum atomic E-state index is 12.1. The van der Waals surface area contributed by atoms with Crippen LogP contribution in [0.25, 0.3) is 6.08 Å². The van der Waals surface area contributed by atoms with Crippen LogP contribution in [0, 0.1) is 0 Å². The third-order valence-electron chi connectivity index (χ3n) is 4.70. The Morgan fingerprint density at radius 2 is 1.97 bits per heavy atom. The molecule has 3 rings (SSSR count). The minimum Gasteiger partial charge on any atom is -0.493 e. The molecule has 8 nitrogen and oxygen atoms in total. The van der Waals surface area contributed by atoms with Gasteiger partial charge in [0.25, 0.3) is 5.91 Å². The van der Waals surface area contributed by atoms with Gasteiger partial charge in [0, 0.05) is 18.1 Å². The number of hydrogen-bond donors (Lipinski definition) is 2. The van der Waals surface area contributed by atoms with Gasteiger partial charge >= 0.3 is 0 Å². The molecule has 3 N–H and O–H groups in total. The fourth-order valence-electron chi connectivity index (χ4n) is 3.32. The Morgan fingerprint density at radius 1 is 1.16 bits per heavy atom. The molecule has 8 heteroatoms. The molecule has 0 fully saturated rings. The minimum atomic E-state index is -0.579. The number of primary amides is 1. The molecular formula is C24H28N2O6. The molecule has 0 bridgehead atoms. The van der Waals surface area contributed by atoms with Crippen molar-refractivity contribution in [2.24, 2.45) is 5.73 Å². The number of amides is 2. The quantitative estimate of drug-likeness (QED) is 0.434. The van der Waals surface area contributed by atoms with E-state index in [-0.39, 0.29) is 18.1 Å². The summed E-state index contributed by atoms with van der Waals surface area (Å²) in [4.78, 5) is 23.0. The first-order valence-corrected chi connectivity index (χ1v) is 10.3. The third kappa shape index (κ3) is 6.16. The van der Waals surface area contributed by atoms with Crippen molar-refractivity contribution in [3.8, 4) is 23.0 Å². The van der Waals surface area contributed by atoms with Gasteiger partial charge in [-0.2, -0.15) is 0 Å². The number of nitrogens with one attached hydrogen (secondary N) is 1. The summed E-state index contributed by atoms with van der Waals surface area (Å²) >= 11 is 0. The molecule has 0 aromatic heterocycles. The molecule has 0 radical (unpaired) electrons. The number of rotatable bonds is 10. The van der Waals surface area contributed by atoms with Gasteiger partial charge in [-0.3, -0.25) is 9.59 Å². The highest BCUT2D eigenvalue weighted by molar-refractivity contribution is 5.91. The normalized spacial score (nSPS) is 13.8. The van der Waals surface area contributed by atoms with Crippen molar-refractivity contribution in [2.75, 3.05) is 26.9 Å². The monoisotopic (exact) mass is 440 g/mol. The fraction of sp³-hybridized carbons (Fsp3) is 0.333. The van der Waals surface area contributed by atoms with Crippen LogP contribution in [0.2, 0.25) is 0 Å². The summed E-state index contributed by atoms with van der Waals surface area (Å²) in [5, 5.41) is 2.78. The van der Waals surface area contributed by atoms with Crippen molar-refractivity contribution in [1.82, 2.24) is 5.32 Å². The summed E-state index contributed by atoms with van der Waals surface area (Å²) in [5.41, 5.74) is 6.71. The van der Waals surface area contributed by atoms with Crippen LogP contribution in [-0.4, -0.2) is 44.3 Å². The second-order valence-corrected chi connectivity index (χ2v) is 7.92. The average molecular weight is 440 g/mol. The molecule has 2 amide bonds. The summed E-state index contributed by atoms with van der Waals surface area (Å²) in [5.74, 6) is 1.46. The zero-order valence-electron chi connectivity index (χ0n) is 18.5. The van der Waals surface area contributed by atoms with Crippen LogP contribution in [0.5, 0.6) is 23.0 Å². The number of para-hydroxylation sites is 1. The van der Waals surface area contributed by atoms with Crippen molar-refractivity contribution < 1.29 is 28.5 Å². The highest BCUT2D eigenvalue weighted by Crippen LogP contribution is 2.41. The molecule has 0 spiro atoms. The van der Waals surface area contributed by atoms with E-state index in [1.54, 1.807) is 24.3 Å². The third-order valence-corrected chi connectivity index (χ3v) is 4.70. The van der Waals surface area contributed by atoms with Gasteiger partial charge in [-0.25, -0.2) is 0 Å². The van der Waals surface area contributed by atoms with Crippen molar-refractivity contribution in [1.29, 1.82) is 0 Å². The van der Waals surface area contributed by atoms with Crippen LogP contribution >= 0.6 is 0 Å². The first-order valence-electron chi connectivity index (χ1n) is 10.3. The summed E-state index contributed by atoms with van der Waals surface area (Å²) in [6.07, 6.45) is 3.91. The number of carbonyl (C=O) groups excluding carboxylic acids is 2. The van der Waals surface area contributed by atoms with Crippen molar-refractivity contribution in [2.45, 2.75) is 25.9 Å². The SMILES string of the molecule is COc1cc(/C=C/C(=O)NCCOc2cccc3c2OC(C)(C)C3)ccc1OCC(N)=O. The molecule has 2 aromatic rings. The highest BCUT2D eigenvalue weighted by Gasteiger charge is 2.32. The van der Waals surface area contributed by atoms with Gasteiger partial charge in [0.15, 0.2) is 29.6 Å². The number of methoxy groups -OCH3 is 1. The zero-order chi connectivity index (χ0) is 23.1. The lowest BCUT2D eigenvalue weighted by Gasteiger charge is -2.18. The van der Waals surface area contributed by atoms with Crippen LogP contribution in [0.4, 0.5) is 0 Å². The van der Waals surface area contributed by atoms with E-state index in [1.807, 2.05) is 32.0 Å². The van der Waals surface area contributed by atoms with Crippen LogP contribution in [0.15, 0.2) is 42.5 Å². The Kier molecular flexibility index (Phi) is 7.25. The van der Waals surface area contributed by atoms with E-state index in [1.165, 1.54) is 13.2 Å². The maximum Gasteiger partial charge on any atom is 0.255 e. The molecule has 1 heterocycles. The number of hydrogen-bond acceptors (Lipinski definition) is 6. The molecule has 1 aliphatic rings. The summed E-state index contributed by atoms with van der Waals surface area (Å²) in [7, 11) is 1.49. The largest absolute Gasteiger partial charge is 0.493 e. The fourth-order valence-corrected chi connectivity index (χ4v) is 3.32. The van der Waals surface area contributed by atoms with E-state index < -0.39 is 5.91 Å². The van der Waals surface area contributed by atoms with E-state index in [4.69, 9.17) is 24.7 Å². The number of carbonyl (C=O) groups is 2. The molecule has 170 valence electrons. The number of ether oxygens (including phenoxy) is 4. The minimum absolute atomic E-state index is 0.240. The molecule has 32 heavy (non-hydrogen) atoms. The highest BCUT2D eigenvalue weighted by atomic mass is 16.5. The molecule has 0 atom stereocenters. The molecule has 0 saturated carbocycles. The Morgan fingerprint density at radius 3 is 2.72 bits per heavy atom. The van der Waals surface area contributed by atoms with E-state index in [0.717, 1.165) is 23.3 Å². The van der Waals surface area contributed by atoms with Crippen LogP contribution in [0.3, 0.4) is 0 Å². The summed E-state index contributed by atoms with van der Waals surface area (Å²) < 4.78 is 22.3. The van der Waals surface area contributed by atoms with E-state index >= 15 is 0 Å². The van der Waals surface area contributed by atoms with Crippen LogP contribution in [0.1, 0.15) is 25.0 Å². The first kappa shape index (κ1) is 23.0. The van der Waals surface area contributed by atoms with Gasteiger partial charge < -0.3 is 30.0 Å². The van der Waals surface area contributed by atoms with Crippen molar-refractivity contribution in [3.05, 3.63) is 53.6 Å². The lowest BCUT2D eigenvalue weighted by atomic mass is 10.0. The van der Waals surface area contributed by atoms with Gasteiger partial charge in [0.05, 0.1) is 13.7 Å². The van der Waals surface area contributed by atoms with Gasteiger partial charge in [0.2, 0.25) is 5.91 Å². The number of fused-ring (bicyclic) bond motifs is 1. The van der Waals surface area contributed by atoms with E-state index in [2.05, 4.69) is 5.32 Å². The Balaban J connectivity index is 1.48. The predicted molar refractivity (Wildman–Crippen MR) is 120 cm³/mol. The summed E-state index contributed by atoms with van der Waals surface area (Å²) in [6, 6.07) is 10.9. The van der Waals surface area contributed by atoms with Crippen LogP contribution in [-0.2, 0) is 16.0 Å². The van der Waals surface area contributed by atoms with Gasteiger partial charge in [-0.15, -0.1) is 0 Å². The average Bonchev–Trinajstić information content (AvgIpc) is 3.08. The van der Waals surface area contributed by atoms with Crippen molar-refractivity contribution >= 4 is 17.9 Å². The topological polar surface area (TPSA) is 109 Å². The first-order chi connectivity index (χ1) is 15.3. The second kappa shape index (κ2) is 10.1. The van der Waals surface area contributed by atoms with E-state index in [9.17, 15) is 9.59 Å². The zero-order valence-corrected chi connectivity index (χ0v) is 18.5. The molecule has 0 aliphatic carbocycles. The Hall–Kier alpha value is -3.68. The number of nitrogens with two attached hydrogens (primary N) is 1. The maximum absolute atomic E-state index is 12.1. The van der Waals surface area contributed by atoms with Gasteiger partial charge in [-0.1, -0.05) is 18.2 Å². The molecular weight excluding hydrogens is 412 g/mol. The van der Waals surface area contributed by atoms with Crippen molar-refractivity contribution in [3.63, 3.8) is 0 Å². The molecule has 2 aromatic carbocycles. The molecule has 0 saturated heterocycles.